The zero-order valence-corrected chi connectivity index (χ0v) is 12.5. The fourth-order valence-corrected chi connectivity index (χ4v) is 2.81. The number of rotatable bonds is 5. The van der Waals surface area contributed by atoms with Gasteiger partial charge < -0.3 is 10.1 Å². The van der Waals surface area contributed by atoms with Crippen LogP contribution in [0.1, 0.15) is 48.9 Å². The summed E-state index contributed by atoms with van der Waals surface area (Å²) in [4.78, 5) is 0. The van der Waals surface area contributed by atoms with Crippen LogP contribution in [0.25, 0.3) is 0 Å². The van der Waals surface area contributed by atoms with E-state index in [2.05, 4.69) is 12.2 Å². The first kappa shape index (κ1) is 16.3. The normalized spacial score (nSPS) is 20.7. The number of ether oxygens (including phenoxy) is 1. The molecule has 5 heteroatoms. The lowest BCUT2D eigenvalue weighted by Gasteiger charge is -2.26. The smallest absolute Gasteiger partial charge is 0.376 e. The first-order valence-electron chi connectivity index (χ1n) is 7.46. The fourth-order valence-electron chi connectivity index (χ4n) is 2.81. The highest BCUT2D eigenvalue weighted by Crippen LogP contribution is 2.34. The Bertz CT molecular complexity index is 467. The zero-order chi connectivity index (χ0) is 15.5. The van der Waals surface area contributed by atoms with E-state index in [0.29, 0.717) is 5.56 Å². The van der Waals surface area contributed by atoms with Crippen LogP contribution in [0.2, 0.25) is 0 Å². The number of halogens is 3. The summed E-state index contributed by atoms with van der Waals surface area (Å²) >= 11 is 0. The third-order valence-corrected chi connectivity index (χ3v) is 3.88. The maximum Gasteiger partial charge on any atom is 0.416 e. The van der Waals surface area contributed by atoms with E-state index < -0.39 is 11.7 Å². The van der Waals surface area contributed by atoms with Crippen molar-refractivity contribution < 1.29 is 17.9 Å². The van der Waals surface area contributed by atoms with Crippen molar-refractivity contribution in [2.24, 2.45) is 0 Å². The van der Waals surface area contributed by atoms with Crippen LogP contribution >= 0.6 is 0 Å². The van der Waals surface area contributed by atoms with Crippen molar-refractivity contribution in [3.63, 3.8) is 0 Å². The van der Waals surface area contributed by atoms with Gasteiger partial charge in [0.25, 0.3) is 0 Å². The zero-order valence-electron chi connectivity index (χ0n) is 12.5. The number of hydrogen-bond donors (Lipinski definition) is 1. The Morgan fingerprint density at radius 3 is 2.67 bits per heavy atom. The second-order valence-corrected chi connectivity index (χ2v) is 5.55. The third-order valence-electron chi connectivity index (χ3n) is 3.88. The topological polar surface area (TPSA) is 21.3 Å². The molecule has 0 amide bonds. The minimum atomic E-state index is -4.29. The maximum absolute atomic E-state index is 12.8. The molecule has 0 bridgehead atoms. The minimum absolute atomic E-state index is 0.0327. The van der Waals surface area contributed by atoms with E-state index in [4.69, 9.17) is 4.74 Å². The molecule has 0 spiro atoms. The lowest BCUT2D eigenvalue weighted by molar-refractivity contribution is -0.137. The van der Waals surface area contributed by atoms with Gasteiger partial charge in [-0.15, -0.1) is 0 Å². The first-order chi connectivity index (χ1) is 9.93. The Hall–Kier alpha value is -1.07. The van der Waals surface area contributed by atoms with Crippen LogP contribution < -0.4 is 5.32 Å². The van der Waals surface area contributed by atoms with Gasteiger partial charge in [-0.2, -0.15) is 13.2 Å². The van der Waals surface area contributed by atoms with E-state index in [0.717, 1.165) is 44.0 Å². The average Bonchev–Trinajstić information content (AvgIpc) is 2.93. The molecule has 0 aliphatic carbocycles. The number of nitrogens with one attached hydrogen (secondary N) is 1. The van der Waals surface area contributed by atoms with Gasteiger partial charge in [0, 0.05) is 6.61 Å². The van der Waals surface area contributed by atoms with E-state index >= 15 is 0 Å². The SMILES string of the molecule is CCCNC(c1ccc(C(F)(F)F)cc1C)C1CCCO1. The van der Waals surface area contributed by atoms with Gasteiger partial charge in [0.2, 0.25) is 0 Å². The molecule has 1 aromatic rings. The molecule has 0 radical (unpaired) electrons. The Morgan fingerprint density at radius 2 is 2.14 bits per heavy atom. The molecule has 2 rings (SSSR count). The van der Waals surface area contributed by atoms with Crippen LogP contribution in [0.4, 0.5) is 13.2 Å². The molecular weight excluding hydrogens is 279 g/mol. The van der Waals surface area contributed by atoms with Crippen molar-refractivity contribution in [3.8, 4) is 0 Å². The molecule has 1 N–H and O–H groups in total. The van der Waals surface area contributed by atoms with Crippen LogP contribution in [0.5, 0.6) is 0 Å². The standard InChI is InChI=1S/C16H22F3NO/c1-3-8-20-15(14-5-4-9-21-14)13-7-6-12(10-11(13)2)16(17,18)19/h6-7,10,14-15,20H,3-5,8-9H2,1-2H3. The average molecular weight is 301 g/mol. The summed E-state index contributed by atoms with van der Waals surface area (Å²) in [6.07, 6.45) is -1.31. The molecule has 1 fully saturated rings. The Labute approximate surface area is 123 Å². The van der Waals surface area contributed by atoms with E-state index in [1.54, 1.807) is 13.0 Å². The minimum Gasteiger partial charge on any atom is -0.376 e. The van der Waals surface area contributed by atoms with Crippen LogP contribution in [0.15, 0.2) is 18.2 Å². The summed E-state index contributed by atoms with van der Waals surface area (Å²) in [7, 11) is 0. The Kier molecular flexibility index (Phi) is 5.27. The number of aryl methyl sites for hydroxylation is 1. The number of alkyl halides is 3. The lowest BCUT2D eigenvalue weighted by atomic mass is 9.93. The fraction of sp³-hybridized carbons (Fsp3) is 0.625. The van der Waals surface area contributed by atoms with Gasteiger partial charge in [-0.3, -0.25) is 0 Å². The predicted molar refractivity (Wildman–Crippen MR) is 76.2 cm³/mol. The summed E-state index contributed by atoms with van der Waals surface area (Å²) in [5.41, 5.74) is 0.975. The van der Waals surface area contributed by atoms with Gasteiger partial charge in [-0.25, -0.2) is 0 Å². The van der Waals surface area contributed by atoms with E-state index in [1.165, 1.54) is 6.07 Å². The molecule has 2 unspecified atom stereocenters. The van der Waals surface area contributed by atoms with Crippen molar-refractivity contribution in [1.29, 1.82) is 0 Å². The van der Waals surface area contributed by atoms with E-state index in [9.17, 15) is 13.2 Å². The highest BCUT2D eigenvalue weighted by Gasteiger charge is 2.32. The van der Waals surface area contributed by atoms with Crippen molar-refractivity contribution in [2.75, 3.05) is 13.2 Å². The molecular formula is C16H22F3NO. The summed E-state index contributed by atoms with van der Waals surface area (Å²) in [5.74, 6) is 0. The van der Waals surface area contributed by atoms with Crippen LogP contribution in [0.3, 0.4) is 0 Å². The molecule has 1 aliphatic rings. The summed E-state index contributed by atoms with van der Waals surface area (Å²) < 4.78 is 44.0. The highest BCUT2D eigenvalue weighted by molar-refractivity contribution is 5.35. The monoisotopic (exact) mass is 301 g/mol. The highest BCUT2D eigenvalue weighted by atomic mass is 19.4. The molecule has 0 saturated carbocycles. The second kappa shape index (κ2) is 6.79. The molecule has 0 aromatic heterocycles. The second-order valence-electron chi connectivity index (χ2n) is 5.55. The van der Waals surface area contributed by atoms with E-state index in [-0.39, 0.29) is 12.1 Å². The van der Waals surface area contributed by atoms with Gasteiger partial charge in [0.05, 0.1) is 17.7 Å². The van der Waals surface area contributed by atoms with Crippen LogP contribution in [-0.2, 0) is 10.9 Å². The summed E-state index contributed by atoms with van der Waals surface area (Å²) in [6.45, 7) is 5.36. The van der Waals surface area contributed by atoms with Crippen molar-refractivity contribution in [1.82, 2.24) is 5.32 Å². The van der Waals surface area contributed by atoms with Gasteiger partial charge in [-0.05, 0) is 56.0 Å². The molecule has 1 saturated heterocycles. The van der Waals surface area contributed by atoms with E-state index in [1.807, 2.05) is 0 Å². The van der Waals surface area contributed by atoms with Crippen molar-refractivity contribution >= 4 is 0 Å². The quantitative estimate of drug-likeness (QED) is 0.878. The molecule has 2 atom stereocenters. The predicted octanol–water partition coefficient (Wildman–Crippen LogP) is 4.23. The molecule has 118 valence electrons. The summed E-state index contributed by atoms with van der Waals surface area (Å²) in [5, 5.41) is 3.42. The van der Waals surface area contributed by atoms with Crippen molar-refractivity contribution in [3.05, 3.63) is 34.9 Å². The molecule has 1 aliphatic heterocycles. The Balaban J connectivity index is 2.26. The lowest BCUT2D eigenvalue weighted by Crippen LogP contribution is -2.32. The molecule has 21 heavy (non-hydrogen) atoms. The maximum atomic E-state index is 12.8. The largest absolute Gasteiger partial charge is 0.416 e. The van der Waals surface area contributed by atoms with Crippen LogP contribution in [0, 0.1) is 6.92 Å². The third kappa shape index (κ3) is 3.98. The van der Waals surface area contributed by atoms with Gasteiger partial charge in [0.15, 0.2) is 0 Å². The molecule has 1 aromatic carbocycles. The van der Waals surface area contributed by atoms with Crippen LogP contribution in [-0.4, -0.2) is 19.3 Å². The number of benzene rings is 1. The summed E-state index contributed by atoms with van der Waals surface area (Å²) in [6, 6.07) is 3.95. The first-order valence-corrected chi connectivity index (χ1v) is 7.46. The molecule has 2 nitrogen and oxygen atoms in total. The van der Waals surface area contributed by atoms with Crippen molar-refractivity contribution in [2.45, 2.75) is 51.4 Å². The number of hydrogen-bond acceptors (Lipinski definition) is 2. The Morgan fingerprint density at radius 1 is 1.38 bits per heavy atom. The van der Waals surface area contributed by atoms with Gasteiger partial charge in [-0.1, -0.05) is 13.0 Å². The molecule has 1 heterocycles. The van der Waals surface area contributed by atoms with Gasteiger partial charge >= 0.3 is 6.18 Å². The van der Waals surface area contributed by atoms with Gasteiger partial charge in [0.1, 0.15) is 0 Å².